The van der Waals surface area contributed by atoms with Crippen molar-refractivity contribution in [2.45, 2.75) is 5.37 Å². The van der Waals surface area contributed by atoms with Crippen molar-refractivity contribution in [1.82, 2.24) is 4.90 Å². The molecule has 1 N–H and O–H groups in total. The van der Waals surface area contributed by atoms with Crippen LogP contribution in [-0.2, 0) is 0 Å². The molecule has 1 saturated heterocycles. The second-order valence-electron chi connectivity index (χ2n) is 5.78. The highest BCUT2D eigenvalue weighted by Crippen LogP contribution is 2.46. The lowest BCUT2D eigenvalue weighted by Crippen LogP contribution is -2.34. The SMILES string of the molecule is COc1cc(OC)c(C2SCCN2C(=O)Nc2ccccc2F)cc1OC. The van der Waals surface area contributed by atoms with E-state index in [1.165, 1.54) is 12.1 Å². The first-order valence-electron chi connectivity index (χ1n) is 8.32. The molecule has 1 unspecified atom stereocenters. The first-order chi connectivity index (χ1) is 13.1. The number of rotatable bonds is 5. The Bertz CT molecular complexity index is 833. The number of hydrogen-bond donors (Lipinski definition) is 1. The molecular weight excluding hydrogens is 371 g/mol. The Morgan fingerprint density at radius 1 is 1.11 bits per heavy atom. The Kier molecular flexibility index (Phi) is 5.95. The van der Waals surface area contributed by atoms with Crippen molar-refractivity contribution in [3.05, 3.63) is 47.8 Å². The Morgan fingerprint density at radius 2 is 1.78 bits per heavy atom. The maximum atomic E-state index is 13.9. The molecule has 0 radical (unpaired) electrons. The van der Waals surface area contributed by atoms with Crippen LogP contribution in [0.25, 0.3) is 0 Å². The number of amides is 2. The minimum Gasteiger partial charge on any atom is -0.496 e. The molecule has 1 atom stereocenters. The zero-order valence-corrected chi connectivity index (χ0v) is 16.1. The molecule has 1 fully saturated rings. The third-order valence-corrected chi connectivity index (χ3v) is 5.51. The van der Waals surface area contributed by atoms with Gasteiger partial charge >= 0.3 is 6.03 Å². The molecule has 0 bridgehead atoms. The molecule has 0 aromatic heterocycles. The van der Waals surface area contributed by atoms with E-state index in [1.807, 2.05) is 6.07 Å². The van der Waals surface area contributed by atoms with Crippen molar-refractivity contribution in [3.8, 4) is 17.2 Å². The largest absolute Gasteiger partial charge is 0.496 e. The molecule has 1 aliphatic rings. The van der Waals surface area contributed by atoms with Crippen LogP contribution >= 0.6 is 11.8 Å². The van der Waals surface area contributed by atoms with Crippen LogP contribution in [0.1, 0.15) is 10.9 Å². The van der Waals surface area contributed by atoms with Crippen LogP contribution in [0.15, 0.2) is 36.4 Å². The van der Waals surface area contributed by atoms with Crippen molar-refractivity contribution in [2.75, 3.05) is 38.9 Å². The average molecular weight is 392 g/mol. The van der Waals surface area contributed by atoms with E-state index < -0.39 is 5.82 Å². The fourth-order valence-corrected chi connectivity index (χ4v) is 4.20. The number of hydrogen-bond acceptors (Lipinski definition) is 5. The summed E-state index contributed by atoms with van der Waals surface area (Å²) in [7, 11) is 4.67. The highest BCUT2D eigenvalue weighted by atomic mass is 32.2. The first kappa shape index (κ1) is 19.2. The van der Waals surface area contributed by atoms with Crippen LogP contribution in [0.2, 0.25) is 0 Å². The summed E-state index contributed by atoms with van der Waals surface area (Å²) in [5.74, 6) is 1.97. The maximum absolute atomic E-state index is 13.9. The number of benzene rings is 2. The van der Waals surface area contributed by atoms with Gasteiger partial charge in [0.15, 0.2) is 11.5 Å². The van der Waals surface area contributed by atoms with Gasteiger partial charge in [-0.3, -0.25) is 0 Å². The molecule has 1 aliphatic heterocycles. The van der Waals surface area contributed by atoms with Crippen LogP contribution < -0.4 is 19.5 Å². The molecule has 144 valence electrons. The fourth-order valence-electron chi connectivity index (χ4n) is 2.93. The molecule has 0 spiro atoms. The van der Waals surface area contributed by atoms with Gasteiger partial charge in [-0.15, -0.1) is 11.8 Å². The smallest absolute Gasteiger partial charge is 0.323 e. The monoisotopic (exact) mass is 392 g/mol. The molecule has 0 saturated carbocycles. The quantitative estimate of drug-likeness (QED) is 0.829. The highest BCUT2D eigenvalue weighted by Gasteiger charge is 2.34. The van der Waals surface area contributed by atoms with Crippen LogP contribution in [0, 0.1) is 5.82 Å². The minimum absolute atomic E-state index is 0.150. The minimum atomic E-state index is -0.474. The van der Waals surface area contributed by atoms with Crippen molar-refractivity contribution in [3.63, 3.8) is 0 Å². The molecule has 27 heavy (non-hydrogen) atoms. The van der Waals surface area contributed by atoms with E-state index in [0.29, 0.717) is 23.8 Å². The average Bonchev–Trinajstić information content (AvgIpc) is 3.18. The Balaban J connectivity index is 1.90. The maximum Gasteiger partial charge on any atom is 0.323 e. The summed E-state index contributed by atoms with van der Waals surface area (Å²) in [5.41, 5.74) is 0.943. The number of methoxy groups -OCH3 is 3. The van der Waals surface area contributed by atoms with Crippen molar-refractivity contribution in [1.29, 1.82) is 0 Å². The molecule has 8 heteroatoms. The first-order valence-corrected chi connectivity index (χ1v) is 9.37. The van der Waals surface area contributed by atoms with Gasteiger partial charge in [-0.05, 0) is 18.2 Å². The number of para-hydroxylation sites is 1. The predicted octanol–water partition coefficient (Wildman–Crippen LogP) is 4.13. The van der Waals surface area contributed by atoms with Gasteiger partial charge in [0.1, 0.15) is 16.9 Å². The molecule has 3 rings (SSSR count). The van der Waals surface area contributed by atoms with E-state index >= 15 is 0 Å². The normalized spacial score (nSPS) is 16.1. The fraction of sp³-hybridized carbons (Fsp3) is 0.316. The summed E-state index contributed by atoms with van der Waals surface area (Å²) in [6, 6.07) is 9.27. The molecule has 2 amide bonds. The van der Waals surface area contributed by atoms with Gasteiger partial charge in [0.2, 0.25) is 0 Å². The molecule has 6 nitrogen and oxygen atoms in total. The van der Waals surface area contributed by atoms with Gasteiger partial charge in [0, 0.05) is 23.9 Å². The number of nitrogens with zero attached hydrogens (tertiary/aromatic N) is 1. The number of anilines is 1. The number of halogens is 1. The predicted molar refractivity (Wildman–Crippen MR) is 103 cm³/mol. The van der Waals surface area contributed by atoms with Crippen LogP contribution in [0.5, 0.6) is 17.2 Å². The second-order valence-corrected chi connectivity index (χ2v) is 6.96. The van der Waals surface area contributed by atoms with Gasteiger partial charge in [-0.25, -0.2) is 9.18 Å². The number of ether oxygens (including phenoxy) is 3. The lowest BCUT2D eigenvalue weighted by atomic mass is 10.1. The van der Waals surface area contributed by atoms with E-state index in [4.69, 9.17) is 14.2 Å². The molecule has 2 aromatic carbocycles. The zero-order valence-electron chi connectivity index (χ0n) is 15.3. The Hall–Kier alpha value is -2.61. The second kappa shape index (κ2) is 8.39. The molecular formula is C19H21FN2O4S. The highest BCUT2D eigenvalue weighted by molar-refractivity contribution is 7.99. The van der Waals surface area contributed by atoms with Gasteiger partial charge in [-0.2, -0.15) is 0 Å². The lowest BCUT2D eigenvalue weighted by molar-refractivity contribution is 0.213. The Morgan fingerprint density at radius 3 is 2.44 bits per heavy atom. The third-order valence-electron chi connectivity index (χ3n) is 4.27. The summed E-state index contributed by atoms with van der Waals surface area (Å²) in [6.07, 6.45) is 0. The van der Waals surface area contributed by atoms with Crippen LogP contribution in [-0.4, -0.2) is 44.6 Å². The van der Waals surface area contributed by atoms with E-state index in [0.717, 1.165) is 11.3 Å². The zero-order chi connectivity index (χ0) is 19.4. The van der Waals surface area contributed by atoms with Gasteiger partial charge < -0.3 is 24.4 Å². The van der Waals surface area contributed by atoms with Gasteiger partial charge in [-0.1, -0.05) is 12.1 Å². The van der Waals surface area contributed by atoms with E-state index in [1.54, 1.807) is 56.2 Å². The van der Waals surface area contributed by atoms with Crippen molar-refractivity contribution < 1.29 is 23.4 Å². The third kappa shape index (κ3) is 3.90. The van der Waals surface area contributed by atoms with Crippen molar-refractivity contribution in [2.24, 2.45) is 0 Å². The summed E-state index contributed by atoms with van der Waals surface area (Å²) in [5, 5.41) is 2.36. The van der Waals surface area contributed by atoms with E-state index in [9.17, 15) is 9.18 Å². The topological polar surface area (TPSA) is 60.0 Å². The van der Waals surface area contributed by atoms with E-state index in [2.05, 4.69) is 5.32 Å². The molecule has 0 aliphatic carbocycles. The molecule has 1 heterocycles. The van der Waals surface area contributed by atoms with E-state index in [-0.39, 0.29) is 17.1 Å². The van der Waals surface area contributed by atoms with Crippen LogP contribution in [0.4, 0.5) is 14.9 Å². The summed E-state index contributed by atoms with van der Waals surface area (Å²) in [6.45, 7) is 0.535. The van der Waals surface area contributed by atoms with Gasteiger partial charge in [0.05, 0.1) is 27.0 Å². The number of thioether (sulfide) groups is 1. The van der Waals surface area contributed by atoms with Crippen molar-refractivity contribution >= 4 is 23.5 Å². The standard InChI is InChI=1S/C19H21FN2O4S/c1-24-15-11-17(26-3)16(25-2)10-12(15)18-22(8-9-27-18)19(23)21-14-7-5-4-6-13(14)20/h4-7,10-11,18H,8-9H2,1-3H3,(H,21,23). The number of carbonyl (C=O) groups excluding carboxylic acids is 1. The molecule has 2 aromatic rings. The van der Waals surface area contributed by atoms with Crippen LogP contribution in [0.3, 0.4) is 0 Å². The number of nitrogens with one attached hydrogen (secondary N) is 1. The number of urea groups is 1. The Labute approximate surface area is 161 Å². The van der Waals surface area contributed by atoms with Gasteiger partial charge in [0.25, 0.3) is 0 Å². The summed E-state index contributed by atoms with van der Waals surface area (Å²) < 4.78 is 30.1. The lowest BCUT2D eigenvalue weighted by Gasteiger charge is -2.26. The summed E-state index contributed by atoms with van der Waals surface area (Å²) in [4.78, 5) is 14.4. The number of carbonyl (C=O) groups is 1. The summed E-state index contributed by atoms with van der Waals surface area (Å²) >= 11 is 1.60.